The first-order chi connectivity index (χ1) is 19.5. The molecular weight excluding hydrogens is 498 g/mol. The van der Waals surface area contributed by atoms with Crippen LogP contribution in [0.5, 0.6) is 0 Å². The van der Waals surface area contributed by atoms with E-state index in [1.54, 1.807) is 6.20 Å². The maximum Gasteiger partial charge on any atom is 0.162 e. The van der Waals surface area contributed by atoms with Crippen molar-refractivity contribution in [1.29, 1.82) is 0 Å². The normalized spacial score (nSPS) is 19.0. The van der Waals surface area contributed by atoms with Crippen LogP contribution >= 0.6 is 0 Å². The van der Waals surface area contributed by atoms with E-state index in [9.17, 15) is 0 Å². The van der Waals surface area contributed by atoms with Crippen LogP contribution in [0.1, 0.15) is 51.0 Å². The van der Waals surface area contributed by atoms with Gasteiger partial charge in [0.1, 0.15) is 11.6 Å². The van der Waals surface area contributed by atoms with Crippen LogP contribution in [0.15, 0.2) is 55.0 Å². The van der Waals surface area contributed by atoms with Gasteiger partial charge < -0.3 is 16.0 Å². The summed E-state index contributed by atoms with van der Waals surface area (Å²) in [7, 11) is 1.95. The van der Waals surface area contributed by atoms with Crippen molar-refractivity contribution < 1.29 is 0 Å². The molecule has 4 aromatic heterocycles. The van der Waals surface area contributed by atoms with E-state index in [-0.39, 0.29) is 5.41 Å². The number of benzene rings is 1. The first-order valence-corrected chi connectivity index (χ1v) is 14.2. The van der Waals surface area contributed by atoms with E-state index in [4.69, 9.17) is 9.97 Å². The molecule has 1 aliphatic carbocycles. The molecule has 0 spiro atoms. The fraction of sp³-hybridized carbons (Fsp3) is 0.387. The lowest BCUT2D eigenvalue weighted by Crippen LogP contribution is -2.49. The summed E-state index contributed by atoms with van der Waals surface area (Å²) < 4.78 is 1.88. The van der Waals surface area contributed by atoms with Crippen LogP contribution in [0.25, 0.3) is 33.2 Å². The predicted octanol–water partition coefficient (Wildman–Crippen LogP) is 5.78. The largest absolute Gasteiger partial charge is 0.366 e. The Kier molecular flexibility index (Phi) is 6.11. The van der Waals surface area contributed by atoms with E-state index in [1.165, 1.54) is 24.8 Å². The number of anilines is 3. The first kappa shape index (κ1) is 24.9. The molecule has 1 unspecified atom stereocenters. The molecule has 5 heterocycles. The van der Waals surface area contributed by atoms with Crippen molar-refractivity contribution in [2.45, 2.75) is 51.5 Å². The monoisotopic (exact) mass is 533 g/mol. The van der Waals surface area contributed by atoms with Crippen LogP contribution in [0.2, 0.25) is 0 Å². The maximum absolute atomic E-state index is 5.19. The smallest absolute Gasteiger partial charge is 0.162 e. The zero-order valence-corrected chi connectivity index (χ0v) is 23.3. The molecule has 1 saturated carbocycles. The molecule has 0 radical (unpaired) electrons. The van der Waals surface area contributed by atoms with Gasteiger partial charge in [0, 0.05) is 48.4 Å². The fourth-order valence-electron chi connectivity index (χ4n) is 6.04. The third-order valence-electron chi connectivity index (χ3n) is 8.65. The van der Waals surface area contributed by atoms with Crippen LogP contribution < -0.4 is 16.0 Å². The number of hydrogen-bond donors (Lipinski definition) is 3. The summed E-state index contributed by atoms with van der Waals surface area (Å²) in [6, 6.07) is 12.4. The predicted molar refractivity (Wildman–Crippen MR) is 160 cm³/mol. The lowest BCUT2D eigenvalue weighted by molar-refractivity contribution is 0.236. The number of aryl methyl sites for hydroxylation is 1. The molecule has 1 aliphatic heterocycles. The molecule has 9 nitrogen and oxygen atoms in total. The Labute approximate surface area is 233 Å². The van der Waals surface area contributed by atoms with Crippen LogP contribution in [0, 0.1) is 5.41 Å². The van der Waals surface area contributed by atoms with Gasteiger partial charge in [-0.15, -0.1) is 0 Å². The highest BCUT2D eigenvalue weighted by molar-refractivity contribution is 5.94. The minimum absolute atomic E-state index is 0.0958. The molecule has 1 saturated heterocycles. The molecule has 0 bridgehead atoms. The third-order valence-corrected chi connectivity index (χ3v) is 8.65. The summed E-state index contributed by atoms with van der Waals surface area (Å²) >= 11 is 0. The van der Waals surface area contributed by atoms with Crippen molar-refractivity contribution in [2.24, 2.45) is 12.5 Å². The number of nitrogens with zero attached hydrogens (tertiary/aromatic N) is 6. The van der Waals surface area contributed by atoms with Gasteiger partial charge >= 0.3 is 0 Å². The summed E-state index contributed by atoms with van der Waals surface area (Å²) in [6.07, 6.45) is 10.4. The second-order valence-electron chi connectivity index (χ2n) is 11.8. The van der Waals surface area contributed by atoms with Crippen molar-refractivity contribution in [3.8, 4) is 11.4 Å². The Bertz CT molecular complexity index is 1700. The Balaban J connectivity index is 1.30. The lowest BCUT2D eigenvalue weighted by Gasteiger charge is -2.40. The van der Waals surface area contributed by atoms with Crippen LogP contribution in [0.4, 0.5) is 17.5 Å². The van der Waals surface area contributed by atoms with Gasteiger partial charge in [-0.05, 0) is 67.0 Å². The van der Waals surface area contributed by atoms with Crippen LogP contribution in [-0.4, -0.2) is 48.8 Å². The van der Waals surface area contributed by atoms with E-state index < -0.39 is 0 Å². The average Bonchev–Trinajstić information content (AvgIpc) is 3.24. The summed E-state index contributed by atoms with van der Waals surface area (Å²) in [5, 5.41) is 17.7. The van der Waals surface area contributed by atoms with Gasteiger partial charge in [0.15, 0.2) is 11.6 Å². The van der Waals surface area contributed by atoms with Crippen molar-refractivity contribution in [1.82, 2.24) is 35.0 Å². The lowest BCUT2D eigenvalue weighted by atomic mass is 9.78. The highest BCUT2D eigenvalue weighted by Gasteiger charge is 2.33. The van der Waals surface area contributed by atoms with Crippen molar-refractivity contribution in [3.05, 3.63) is 60.6 Å². The number of fused-ring (bicyclic) bond motifs is 2. The van der Waals surface area contributed by atoms with Gasteiger partial charge in [-0.2, -0.15) is 5.10 Å². The highest BCUT2D eigenvalue weighted by Crippen LogP contribution is 2.42. The van der Waals surface area contributed by atoms with Gasteiger partial charge in [-0.3, -0.25) is 9.67 Å². The number of para-hydroxylation sites is 1. The summed E-state index contributed by atoms with van der Waals surface area (Å²) in [5.41, 5.74) is 4.19. The topological polar surface area (TPSA) is 105 Å². The highest BCUT2D eigenvalue weighted by atomic mass is 15.3. The molecule has 3 N–H and O–H groups in total. The standard InChI is InChI=1S/C31H35N9/c1-31(2)18-32-13-12-25(31)36-30-27-22(19-7-6-8-19)16-33-17-23(27)35-28(38-30)20-11-14-34-26(15-20)37-29-21-9-4-5-10-24(21)40(3)39-29/h4-5,9-11,14-17,19,25,32H,6-8,12-13,18H2,1-3H3,(H,34,37,39)(H,35,36,38). The van der Waals surface area contributed by atoms with E-state index >= 15 is 0 Å². The Morgan fingerprint density at radius 2 is 1.90 bits per heavy atom. The molecule has 40 heavy (non-hydrogen) atoms. The minimum atomic E-state index is 0.0958. The molecule has 1 aromatic carbocycles. The summed E-state index contributed by atoms with van der Waals surface area (Å²) in [5.74, 6) is 3.56. The molecule has 5 aromatic rings. The van der Waals surface area contributed by atoms with Crippen LogP contribution in [0.3, 0.4) is 0 Å². The second kappa shape index (κ2) is 9.82. The van der Waals surface area contributed by atoms with Gasteiger partial charge in [0.25, 0.3) is 0 Å². The van der Waals surface area contributed by atoms with E-state index in [0.717, 1.165) is 58.5 Å². The van der Waals surface area contributed by atoms with Crippen molar-refractivity contribution >= 4 is 39.3 Å². The molecule has 0 amide bonds. The maximum atomic E-state index is 5.19. The number of piperidine rings is 1. The summed E-state index contributed by atoms with van der Waals surface area (Å²) in [6.45, 7) is 6.60. The zero-order valence-electron chi connectivity index (χ0n) is 23.3. The van der Waals surface area contributed by atoms with Crippen molar-refractivity contribution in [2.75, 3.05) is 23.7 Å². The minimum Gasteiger partial charge on any atom is -0.366 e. The number of nitrogens with one attached hydrogen (secondary N) is 3. The van der Waals surface area contributed by atoms with Crippen LogP contribution in [-0.2, 0) is 7.05 Å². The molecule has 7 rings (SSSR count). The number of rotatable bonds is 6. The Morgan fingerprint density at radius 3 is 2.73 bits per heavy atom. The van der Waals surface area contributed by atoms with Gasteiger partial charge in [-0.1, -0.05) is 32.4 Å². The fourth-order valence-corrected chi connectivity index (χ4v) is 6.04. The molecular formula is C31H35N9. The third kappa shape index (κ3) is 4.44. The van der Waals surface area contributed by atoms with E-state index in [0.29, 0.717) is 23.6 Å². The quantitative estimate of drug-likeness (QED) is 0.252. The Hall–Kier alpha value is -4.11. The average molecular weight is 534 g/mol. The number of hydrogen-bond acceptors (Lipinski definition) is 8. The van der Waals surface area contributed by atoms with Crippen molar-refractivity contribution in [3.63, 3.8) is 0 Å². The molecule has 204 valence electrons. The first-order valence-electron chi connectivity index (χ1n) is 14.2. The molecule has 9 heteroatoms. The second-order valence-corrected chi connectivity index (χ2v) is 11.8. The van der Waals surface area contributed by atoms with Gasteiger partial charge in [0.2, 0.25) is 0 Å². The zero-order chi connectivity index (χ0) is 27.3. The summed E-state index contributed by atoms with van der Waals surface area (Å²) in [4.78, 5) is 19.4. The van der Waals surface area contributed by atoms with Gasteiger partial charge in [-0.25, -0.2) is 15.0 Å². The molecule has 1 atom stereocenters. The number of pyridine rings is 2. The molecule has 2 fully saturated rings. The molecule has 2 aliphatic rings. The number of aromatic nitrogens is 6. The SMILES string of the molecule is Cn1nc(Nc2cc(-c3nc(NC4CCNCC4(C)C)c4c(C5CCC5)cncc4n3)ccn2)c2ccccc21. The van der Waals surface area contributed by atoms with Gasteiger partial charge in [0.05, 0.1) is 17.2 Å². The van der Waals surface area contributed by atoms with E-state index in [1.807, 2.05) is 48.4 Å². The van der Waals surface area contributed by atoms with E-state index in [2.05, 4.69) is 57.0 Å². The Morgan fingerprint density at radius 1 is 1.02 bits per heavy atom.